The number of carbonyl (C=O) groups is 2. The van der Waals surface area contributed by atoms with Crippen molar-refractivity contribution in [3.8, 4) is 0 Å². The standard InChI is InChI=1S/C24H22ClN5O4S2/c25-18-4-3-5-19(14-18)36(33,34)26-13-12-22(31)29-30-23(32)17-10-8-16(9-11-17)15-35-24-27-20-6-1-2-7-21(20)28-24/h1-11,14,26H,12-13,15H2,(H,27,28)(H,29,31)(H,30,32). The van der Waals surface area contributed by atoms with Crippen molar-refractivity contribution in [1.82, 2.24) is 25.5 Å². The lowest BCUT2D eigenvalue weighted by atomic mass is 10.1. The van der Waals surface area contributed by atoms with Gasteiger partial charge in [0.15, 0.2) is 5.16 Å². The second-order valence-electron chi connectivity index (χ2n) is 7.65. The second-order valence-corrected chi connectivity index (χ2v) is 10.8. The van der Waals surface area contributed by atoms with E-state index < -0.39 is 21.8 Å². The van der Waals surface area contributed by atoms with Crippen molar-refractivity contribution in [2.75, 3.05) is 6.54 Å². The Morgan fingerprint density at radius 3 is 2.50 bits per heavy atom. The Hall–Kier alpha value is -3.38. The van der Waals surface area contributed by atoms with Gasteiger partial charge in [-0.15, -0.1) is 0 Å². The molecule has 186 valence electrons. The molecule has 36 heavy (non-hydrogen) atoms. The van der Waals surface area contributed by atoms with Crippen LogP contribution in [0.25, 0.3) is 11.0 Å². The summed E-state index contributed by atoms with van der Waals surface area (Å²) in [4.78, 5) is 32.1. The number of rotatable bonds is 9. The number of nitrogens with zero attached hydrogens (tertiary/aromatic N) is 1. The number of hydrogen-bond acceptors (Lipinski definition) is 6. The molecule has 4 aromatic rings. The number of nitrogens with one attached hydrogen (secondary N) is 4. The third-order valence-electron chi connectivity index (χ3n) is 5.03. The van der Waals surface area contributed by atoms with E-state index in [1.54, 1.807) is 30.0 Å². The summed E-state index contributed by atoms with van der Waals surface area (Å²) in [5.74, 6) is -0.362. The molecular weight excluding hydrogens is 522 g/mol. The molecule has 0 bridgehead atoms. The molecule has 0 radical (unpaired) electrons. The maximum atomic E-state index is 12.3. The van der Waals surface area contributed by atoms with Gasteiger partial charge in [-0.1, -0.05) is 53.7 Å². The lowest BCUT2D eigenvalue weighted by Gasteiger charge is -2.09. The van der Waals surface area contributed by atoms with Gasteiger partial charge in [0.2, 0.25) is 15.9 Å². The first-order valence-corrected chi connectivity index (χ1v) is 13.7. The van der Waals surface area contributed by atoms with E-state index in [1.165, 1.54) is 18.2 Å². The number of thioether (sulfide) groups is 1. The van der Waals surface area contributed by atoms with Crippen LogP contribution in [0.15, 0.2) is 82.8 Å². The first-order valence-electron chi connectivity index (χ1n) is 10.8. The predicted octanol–water partition coefficient (Wildman–Crippen LogP) is 3.64. The molecule has 0 saturated heterocycles. The Balaban J connectivity index is 1.20. The van der Waals surface area contributed by atoms with E-state index >= 15 is 0 Å². The molecule has 2 amide bonds. The van der Waals surface area contributed by atoms with E-state index in [-0.39, 0.29) is 22.9 Å². The number of hydrazine groups is 1. The topological polar surface area (TPSA) is 133 Å². The molecule has 1 aromatic heterocycles. The van der Waals surface area contributed by atoms with Crippen molar-refractivity contribution < 1.29 is 18.0 Å². The SMILES string of the molecule is O=C(CCNS(=O)(=O)c1cccc(Cl)c1)NNC(=O)c1ccc(CSc2nc3ccccc3[nH]2)cc1. The average Bonchev–Trinajstić information content (AvgIpc) is 3.29. The van der Waals surface area contributed by atoms with Crippen LogP contribution in [0.3, 0.4) is 0 Å². The highest BCUT2D eigenvalue weighted by molar-refractivity contribution is 7.98. The first-order chi connectivity index (χ1) is 17.3. The molecule has 12 heteroatoms. The number of carbonyl (C=O) groups excluding carboxylic acids is 2. The van der Waals surface area contributed by atoms with Crippen LogP contribution in [0.1, 0.15) is 22.3 Å². The zero-order valence-electron chi connectivity index (χ0n) is 18.8. The molecule has 0 unspecified atom stereocenters. The van der Waals surface area contributed by atoms with E-state index in [0.29, 0.717) is 11.3 Å². The number of aromatic amines is 1. The molecule has 4 N–H and O–H groups in total. The smallest absolute Gasteiger partial charge is 0.269 e. The summed E-state index contributed by atoms with van der Waals surface area (Å²) in [5, 5.41) is 1.10. The van der Waals surface area contributed by atoms with Gasteiger partial charge in [-0.2, -0.15) is 0 Å². The number of para-hydroxylation sites is 2. The van der Waals surface area contributed by atoms with Crippen LogP contribution in [0.2, 0.25) is 5.02 Å². The zero-order chi connectivity index (χ0) is 25.5. The summed E-state index contributed by atoms with van der Waals surface area (Å²) in [6, 6.07) is 20.6. The molecule has 3 aromatic carbocycles. The van der Waals surface area contributed by atoms with Gasteiger partial charge in [-0.25, -0.2) is 18.1 Å². The number of fused-ring (bicyclic) bond motifs is 1. The normalized spacial score (nSPS) is 11.4. The van der Waals surface area contributed by atoms with Crippen LogP contribution < -0.4 is 15.6 Å². The van der Waals surface area contributed by atoms with Crippen molar-refractivity contribution in [2.24, 2.45) is 0 Å². The molecule has 1 heterocycles. The largest absolute Gasteiger partial charge is 0.333 e. The van der Waals surface area contributed by atoms with E-state index in [4.69, 9.17) is 11.6 Å². The van der Waals surface area contributed by atoms with Gasteiger partial charge >= 0.3 is 0 Å². The summed E-state index contributed by atoms with van der Waals surface area (Å²) >= 11 is 7.38. The van der Waals surface area contributed by atoms with Gasteiger partial charge in [0.1, 0.15) is 0 Å². The number of benzene rings is 3. The number of aromatic nitrogens is 2. The molecule has 4 rings (SSSR count). The minimum absolute atomic E-state index is 0.00291. The first kappa shape index (κ1) is 25.7. The quantitative estimate of drug-likeness (QED) is 0.188. The Morgan fingerprint density at radius 1 is 0.972 bits per heavy atom. The van der Waals surface area contributed by atoms with Crippen LogP contribution in [0.5, 0.6) is 0 Å². The van der Waals surface area contributed by atoms with Crippen molar-refractivity contribution >= 4 is 56.2 Å². The summed E-state index contributed by atoms with van der Waals surface area (Å²) < 4.78 is 26.8. The Kier molecular flexibility index (Phi) is 8.26. The molecule has 0 aliphatic rings. The lowest BCUT2D eigenvalue weighted by molar-refractivity contribution is -0.121. The second kappa shape index (κ2) is 11.6. The summed E-state index contributed by atoms with van der Waals surface area (Å²) in [5.41, 5.74) is 7.87. The van der Waals surface area contributed by atoms with Gasteiger partial charge in [0.25, 0.3) is 5.91 Å². The third-order valence-corrected chi connectivity index (χ3v) is 7.66. The molecule has 0 fully saturated rings. The van der Waals surface area contributed by atoms with E-state index in [1.807, 2.05) is 36.4 Å². The Labute approximate surface area is 217 Å². The number of H-pyrrole nitrogens is 1. The van der Waals surface area contributed by atoms with E-state index in [0.717, 1.165) is 21.8 Å². The fourth-order valence-electron chi connectivity index (χ4n) is 3.18. The van der Waals surface area contributed by atoms with Crippen molar-refractivity contribution in [3.63, 3.8) is 0 Å². The molecule has 0 aliphatic heterocycles. The molecule has 0 aliphatic carbocycles. The van der Waals surface area contributed by atoms with Gasteiger partial charge in [-0.3, -0.25) is 20.4 Å². The summed E-state index contributed by atoms with van der Waals surface area (Å²) in [7, 11) is -3.80. The van der Waals surface area contributed by atoms with Gasteiger partial charge in [0.05, 0.1) is 15.9 Å². The van der Waals surface area contributed by atoms with E-state index in [2.05, 4.69) is 25.5 Å². The molecular formula is C24H22ClN5O4S2. The van der Waals surface area contributed by atoms with Crippen LogP contribution in [0.4, 0.5) is 0 Å². The maximum absolute atomic E-state index is 12.3. The maximum Gasteiger partial charge on any atom is 0.269 e. The summed E-state index contributed by atoms with van der Waals surface area (Å²) in [6.45, 7) is -0.145. The Morgan fingerprint density at radius 2 is 1.75 bits per heavy atom. The number of halogens is 1. The molecule has 9 nitrogen and oxygen atoms in total. The van der Waals surface area contributed by atoms with Crippen LogP contribution >= 0.6 is 23.4 Å². The van der Waals surface area contributed by atoms with Crippen LogP contribution in [0, 0.1) is 0 Å². The minimum Gasteiger partial charge on any atom is -0.333 e. The van der Waals surface area contributed by atoms with E-state index in [9.17, 15) is 18.0 Å². The van der Waals surface area contributed by atoms with Crippen molar-refractivity contribution in [2.45, 2.75) is 22.2 Å². The third kappa shape index (κ3) is 6.85. The van der Waals surface area contributed by atoms with Gasteiger partial charge in [-0.05, 0) is 48.0 Å². The highest BCUT2D eigenvalue weighted by Gasteiger charge is 2.15. The van der Waals surface area contributed by atoms with Crippen molar-refractivity contribution in [1.29, 1.82) is 0 Å². The predicted molar refractivity (Wildman–Crippen MR) is 139 cm³/mol. The highest BCUT2D eigenvalue weighted by atomic mass is 35.5. The number of imidazole rings is 1. The van der Waals surface area contributed by atoms with Crippen LogP contribution in [-0.4, -0.2) is 36.7 Å². The fourth-order valence-corrected chi connectivity index (χ4v) is 5.35. The molecule has 0 saturated carbocycles. The average molecular weight is 544 g/mol. The molecule has 0 atom stereocenters. The number of amides is 2. The van der Waals surface area contributed by atoms with Gasteiger partial charge < -0.3 is 4.98 Å². The Bertz CT molecular complexity index is 1460. The summed E-state index contributed by atoms with van der Waals surface area (Å²) in [6.07, 6.45) is -0.169. The monoisotopic (exact) mass is 543 g/mol. The highest BCUT2D eigenvalue weighted by Crippen LogP contribution is 2.23. The zero-order valence-corrected chi connectivity index (χ0v) is 21.2. The fraction of sp³-hybridized carbons (Fsp3) is 0.125. The van der Waals surface area contributed by atoms with Crippen LogP contribution in [-0.2, 0) is 20.6 Å². The minimum atomic E-state index is -3.80. The number of sulfonamides is 1. The molecule has 0 spiro atoms. The number of hydrogen-bond donors (Lipinski definition) is 4. The van der Waals surface area contributed by atoms with Crippen molar-refractivity contribution in [3.05, 3.63) is 88.9 Å². The van der Waals surface area contributed by atoms with Gasteiger partial charge in [0, 0.05) is 29.3 Å². The lowest BCUT2D eigenvalue weighted by Crippen LogP contribution is -2.42.